The maximum Gasteiger partial charge on any atom is 0.253 e. The zero-order valence-electron chi connectivity index (χ0n) is 16.4. The first-order valence-corrected chi connectivity index (χ1v) is 11.1. The second-order valence-corrected chi connectivity index (χ2v) is 11.0. The number of benzene rings is 1. The average Bonchev–Trinajstić information content (AvgIpc) is 2.70. The molecule has 1 saturated heterocycles. The van der Waals surface area contributed by atoms with Gasteiger partial charge in [0.05, 0.1) is 6.26 Å². The fraction of sp³-hybridized carbons (Fsp3) is 0.650. The Morgan fingerprint density at radius 3 is 2.38 bits per heavy atom. The van der Waals surface area contributed by atoms with Crippen LogP contribution < -0.4 is 0 Å². The summed E-state index contributed by atoms with van der Waals surface area (Å²) in [6.45, 7) is 8.97. The number of rotatable bonds is 4. The van der Waals surface area contributed by atoms with Gasteiger partial charge in [0, 0.05) is 32.2 Å². The molecule has 0 N–H and O–H groups in total. The molecule has 1 aliphatic heterocycles. The monoisotopic (exact) mass is 378 g/mol. The van der Waals surface area contributed by atoms with Crippen LogP contribution in [0.3, 0.4) is 0 Å². The number of sulfonamides is 1. The molecule has 2 bridgehead atoms. The standard InChI is InChI=1S/C20H30N2O3S/c1-19(2)17-10-11-20(19,3)14-22(13-17)18(23)16-8-6-15(7-9-16)12-21(4)26(5,24)25/h6-9,17H,10-14H2,1-5H3. The number of nitrogens with zero attached hydrogens (tertiary/aromatic N) is 2. The van der Waals surface area contributed by atoms with Crippen molar-refractivity contribution in [3.8, 4) is 0 Å². The van der Waals surface area contributed by atoms with Gasteiger partial charge in [0.25, 0.3) is 5.91 Å². The summed E-state index contributed by atoms with van der Waals surface area (Å²) in [4.78, 5) is 15.0. The molecule has 144 valence electrons. The lowest BCUT2D eigenvalue weighted by Crippen LogP contribution is -2.53. The summed E-state index contributed by atoms with van der Waals surface area (Å²) in [6.07, 6.45) is 3.58. The van der Waals surface area contributed by atoms with E-state index in [4.69, 9.17) is 0 Å². The lowest BCUT2D eigenvalue weighted by atomic mass is 9.63. The minimum Gasteiger partial charge on any atom is -0.338 e. The predicted molar refractivity (Wildman–Crippen MR) is 103 cm³/mol. The quantitative estimate of drug-likeness (QED) is 0.809. The van der Waals surface area contributed by atoms with Gasteiger partial charge in [-0.15, -0.1) is 0 Å². The molecule has 1 aliphatic carbocycles. The Morgan fingerprint density at radius 1 is 1.23 bits per heavy atom. The molecule has 6 heteroatoms. The number of likely N-dealkylation sites (tertiary alicyclic amines) is 1. The highest BCUT2D eigenvalue weighted by Gasteiger charge is 2.56. The van der Waals surface area contributed by atoms with E-state index in [1.807, 2.05) is 29.2 Å². The Labute approximate surface area is 157 Å². The Balaban J connectivity index is 1.72. The topological polar surface area (TPSA) is 57.7 Å². The van der Waals surface area contributed by atoms with E-state index in [1.165, 1.54) is 23.4 Å². The molecule has 1 aromatic rings. The number of fused-ring (bicyclic) bond motifs is 2. The molecule has 1 amide bonds. The summed E-state index contributed by atoms with van der Waals surface area (Å²) >= 11 is 0. The highest BCUT2D eigenvalue weighted by molar-refractivity contribution is 7.88. The van der Waals surface area contributed by atoms with Crippen LogP contribution in [0, 0.1) is 16.7 Å². The van der Waals surface area contributed by atoms with Crippen molar-refractivity contribution in [2.45, 2.75) is 40.2 Å². The van der Waals surface area contributed by atoms with Crippen LogP contribution in [0.5, 0.6) is 0 Å². The number of carbonyl (C=O) groups excluding carboxylic acids is 1. The third-order valence-corrected chi connectivity index (χ3v) is 8.32. The molecule has 0 spiro atoms. The van der Waals surface area contributed by atoms with Crippen LogP contribution in [-0.4, -0.2) is 49.9 Å². The Kier molecular flexibility index (Phi) is 4.72. The third-order valence-electron chi connectivity index (χ3n) is 7.06. The number of carbonyl (C=O) groups is 1. The fourth-order valence-corrected chi connectivity index (χ4v) is 4.87. The van der Waals surface area contributed by atoms with Gasteiger partial charge in [-0.05, 0) is 47.3 Å². The van der Waals surface area contributed by atoms with Gasteiger partial charge in [-0.1, -0.05) is 32.9 Å². The smallest absolute Gasteiger partial charge is 0.253 e. The van der Waals surface area contributed by atoms with Crippen LogP contribution in [0.1, 0.15) is 49.5 Å². The summed E-state index contributed by atoms with van der Waals surface area (Å²) in [6, 6.07) is 7.33. The van der Waals surface area contributed by atoms with Crippen LogP contribution in [0.15, 0.2) is 24.3 Å². The van der Waals surface area contributed by atoms with E-state index in [-0.39, 0.29) is 16.7 Å². The van der Waals surface area contributed by atoms with E-state index in [0.29, 0.717) is 18.0 Å². The van der Waals surface area contributed by atoms with E-state index >= 15 is 0 Å². The van der Waals surface area contributed by atoms with Gasteiger partial charge < -0.3 is 4.90 Å². The van der Waals surface area contributed by atoms with Crippen molar-refractivity contribution in [3.63, 3.8) is 0 Å². The second-order valence-electron chi connectivity index (χ2n) is 8.92. The van der Waals surface area contributed by atoms with E-state index in [0.717, 1.165) is 18.7 Å². The summed E-state index contributed by atoms with van der Waals surface area (Å²) in [5.74, 6) is 0.648. The van der Waals surface area contributed by atoms with Gasteiger partial charge in [0.15, 0.2) is 0 Å². The van der Waals surface area contributed by atoms with Gasteiger partial charge in [-0.2, -0.15) is 0 Å². The van der Waals surface area contributed by atoms with Crippen LogP contribution in [-0.2, 0) is 16.6 Å². The zero-order chi connectivity index (χ0) is 19.3. The summed E-state index contributed by atoms with van der Waals surface area (Å²) in [5, 5.41) is 0. The SMILES string of the molecule is CN(Cc1ccc(C(=O)N2CC3CCC(C)(C2)C3(C)C)cc1)S(C)(=O)=O. The van der Waals surface area contributed by atoms with Crippen LogP contribution >= 0.6 is 0 Å². The zero-order valence-corrected chi connectivity index (χ0v) is 17.3. The predicted octanol–water partition coefficient (Wildman–Crippen LogP) is 2.98. The minimum atomic E-state index is -3.21. The van der Waals surface area contributed by atoms with Crippen LogP contribution in [0.4, 0.5) is 0 Å². The molecule has 2 aliphatic rings. The van der Waals surface area contributed by atoms with E-state index < -0.39 is 10.0 Å². The van der Waals surface area contributed by atoms with Crippen molar-refractivity contribution in [2.24, 2.45) is 16.7 Å². The fourth-order valence-electron chi connectivity index (χ4n) is 4.49. The first-order chi connectivity index (χ1) is 11.9. The second kappa shape index (κ2) is 6.34. The van der Waals surface area contributed by atoms with Crippen molar-refractivity contribution in [3.05, 3.63) is 35.4 Å². The molecule has 0 radical (unpaired) electrons. The first-order valence-electron chi connectivity index (χ1n) is 9.23. The molecule has 1 aromatic carbocycles. The van der Waals surface area contributed by atoms with Crippen molar-refractivity contribution in [1.29, 1.82) is 0 Å². The molecule has 2 atom stereocenters. The van der Waals surface area contributed by atoms with Crippen molar-refractivity contribution >= 4 is 15.9 Å². The number of amides is 1. The van der Waals surface area contributed by atoms with Crippen LogP contribution in [0.2, 0.25) is 0 Å². The van der Waals surface area contributed by atoms with Crippen LogP contribution in [0.25, 0.3) is 0 Å². The van der Waals surface area contributed by atoms with Gasteiger partial charge in [0.1, 0.15) is 0 Å². The van der Waals surface area contributed by atoms with Crippen molar-refractivity contribution < 1.29 is 13.2 Å². The summed E-state index contributed by atoms with van der Waals surface area (Å²) < 4.78 is 24.4. The number of piperidine rings is 1. The van der Waals surface area contributed by atoms with Crippen molar-refractivity contribution in [1.82, 2.24) is 9.21 Å². The molecule has 5 nitrogen and oxygen atoms in total. The molecular formula is C20H30N2O3S. The van der Waals surface area contributed by atoms with E-state index in [2.05, 4.69) is 20.8 Å². The largest absolute Gasteiger partial charge is 0.338 e. The lowest BCUT2D eigenvalue weighted by molar-refractivity contribution is -0.0107. The molecule has 0 aromatic heterocycles. The third kappa shape index (κ3) is 3.29. The Morgan fingerprint density at radius 2 is 1.85 bits per heavy atom. The highest BCUT2D eigenvalue weighted by atomic mass is 32.2. The van der Waals surface area contributed by atoms with Gasteiger partial charge in [0.2, 0.25) is 10.0 Å². The minimum absolute atomic E-state index is 0.0849. The highest BCUT2D eigenvalue weighted by Crippen LogP contribution is 2.59. The molecule has 3 rings (SSSR count). The van der Waals surface area contributed by atoms with Crippen molar-refractivity contribution in [2.75, 3.05) is 26.4 Å². The lowest BCUT2D eigenvalue weighted by Gasteiger charge is -2.50. The molecular weight excluding hydrogens is 348 g/mol. The number of hydrogen-bond donors (Lipinski definition) is 0. The van der Waals surface area contributed by atoms with Gasteiger partial charge >= 0.3 is 0 Å². The maximum absolute atomic E-state index is 13.0. The normalized spacial score (nSPS) is 27.8. The molecule has 1 saturated carbocycles. The van der Waals surface area contributed by atoms with E-state index in [1.54, 1.807) is 7.05 Å². The summed E-state index contributed by atoms with van der Waals surface area (Å²) in [7, 11) is -1.65. The maximum atomic E-state index is 13.0. The molecule has 1 heterocycles. The number of hydrogen-bond acceptors (Lipinski definition) is 3. The van der Waals surface area contributed by atoms with Gasteiger partial charge in [-0.25, -0.2) is 12.7 Å². The molecule has 26 heavy (non-hydrogen) atoms. The average molecular weight is 379 g/mol. The summed E-state index contributed by atoms with van der Waals surface area (Å²) in [5.41, 5.74) is 2.02. The van der Waals surface area contributed by atoms with E-state index in [9.17, 15) is 13.2 Å². The Bertz CT molecular complexity index is 801. The Hall–Kier alpha value is -1.40. The first kappa shape index (κ1) is 19.4. The molecule has 2 fully saturated rings. The molecule has 2 unspecified atom stereocenters. The van der Waals surface area contributed by atoms with Gasteiger partial charge in [-0.3, -0.25) is 4.79 Å².